The Morgan fingerprint density at radius 1 is 0.697 bits per heavy atom. The van der Waals surface area contributed by atoms with Crippen LogP contribution in [0.2, 0.25) is 0 Å². The second-order valence-corrected chi connectivity index (χ2v) is 7.69. The number of rotatable bonds is 7. The number of thiol groups is 2. The molecule has 182 valence electrons. The Kier molecular flexibility index (Phi) is 142. The van der Waals surface area contributed by atoms with Crippen LogP contribution in [0.5, 0.6) is 0 Å². The summed E-state index contributed by atoms with van der Waals surface area (Å²) in [6, 6.07) is 9.86. The van der Waals surface area contributed by atoms with Crippen molar-refractivity contribution in [1.82, 2.24) is 0 Å². The zero-order valence-corrected chi connectivity index (χ0v) is 35.0. The zero-order chi connectivity index (χ0) is 23.6. The molecule has 0 unspecified atom stereocenters. The minimum Gasteiger partial charge on any atom is -0.665 e. The average Bonchev–Trinajstić information content (AvgIpc) is 2.71. The summed E-state index contributed by atoms with van der Waals surface area (Å²) >= 11 is 11.0. The monoisotopic (exact) mass is 854 g/mol. The molecular weight excluding hydrogens is 824 g/mol. The second kappa shape index (κ2) is 76.5. The molecule has 0 spiro atoms. The van der Waals surface area contributed by atoms with Gasteiger partial charge in [-0.05, 0) is 34.3 Å². The minimum atomic E-state index is 0. The molecule has 1 N–H and O–H groups in total. The second-order valence-electron chi connectivity index (χ2n) is 3.61. The molecule has 1 aromatic carbocycles. The molecule has 0 bridgehead atoms. The van der Waals surface area contributed by atoms with Crippen LogP contribution in [0.1, 0.15) is 33.3 Å². The van der Waals surface area contributed by atoms with E-state index in [1.54, 1.807) is 16.9 Å². The van der Waals surface area contributed by atoms with Crippen LogP contribution < -0.4 is 0 Å². The van der Waals surface area contributed by atoms with Crippen LogP contribution in [0.15, 0.2) is 30.3 Å². The van der Waals surface area contributed by atoms with Crippen molar-refractivity contribution in [2.45, 2.75) is 33.4 Å². The molecule has 0 saturated heterocycles. The number of hydrogen-bond acceptors (Lipinski definition) is 9. The minimum absolute atomic E-state index is 0. The van der Waals surface area contributed by atoms with Gasteiger partial charge in [0.25, 0.3) is 0 Å². The molecule has 0 aliphatic rings. The molecule has 0 fully saturated rings. The van der Waals surface area contributed by atoms with E-state index in [1.807, 2.05) is 58.0 Å². The smallest absolute Gasteiger partial charge is 0 e. The van der Waals surface area contributed by atoms with E-state index in [0.717, 1.165) is 69.6 Å². The van der Waals surface area contributed by atoms with Crippen LogP contribution in [0.3, 0.4) is 0 Å². The van der Waals surface area contributed by atoms with Gasteiger partial charge in [0.2, 0.25) is 0 Å². The van der Waals surface area contributed by atoms with Crippen molar-refractivity contribution in [3.8, 4) is 0 Å². The van der Waals surface area contributed by atoms with E-state index in [2.05, 4.69) is 25.3 Å². The van der Waals surface area contributed by atoms with Crippen molar-refractivity contribution >= 4 is 83.9 Å². The number of benzene rings is 1. The zero-order valence-electron chi connectivity index (χ0n) is 19.4. The SMILES string of the molecule is CCS.CCS.CCS[C-]=O.CCS[C-]=O.O=[C-]O.O=[C-]SCc1ccccc1.[Y].[Y].[Y].[Y]. The molecule has 1 rings (SSSR count). The van der Waals surface area contributed by atoms with Crippen molar-refractivity contribution in [3.05, 3.63) is 35.9 Å². The topological polar surface area (TPSA) is 88.5 Å². The van der Waals surface area contributed by atoms with E-state index in [-0.39, 0.29) is 131 Å². The number of thioether (sulfide) groups is 3. The fourth-order valence-electron chi connectivity index (χ4n) is 0.805. The van der Waals surface area contributed by atoms with E-state index >= 15 is 0 Å². The Hall–Kier alpha value is 3.87. The van der Waals surface area contributed by atoms with Crippen LogP contribution in [-0.4, -0.2) is 51.4 Å². The van der Waals surface area contributed by atoms with E-state index < -0.39 is 0 Å². The van der Waals surface area contributed by atoms with E-state index in [1.165, 1.54) is 0 Å². The Bertz CT molecular complexity index is 415. The molecular formula is C19H30O5S5Y4-4. The van der Waals surface area contributed by atoms with Crippen LogP contribution in [-0.2, 0) is 156 Å². The predicted octanol–water partition coefficient (Wildman–Crippen LogP) is 5.07. The maximum absolute atomic E-state index is 9.82. The molecule has 0 saturated carbocycles. The summed E-state index contributed by atoms with van der Waals surface area (Å²) in [5.74, 6) is 4.29. The summed E-state index contributed by atoms with van der Waals surface area (Å²) in [6.45, 7) is 8.30. The largest absolute Gasteiger partial charge is 0.665 e. The van der Waals surface area contributed by atoms with Crippen molar-refractivity contribution < 1.29 is 155 Å². The third-order valence-electron chi connectivity index (χ3n) is 1.55. The van der Waals surface area contributed by atoms with Gasteiger partial charge in [0.05, 0.1) is 0 Å². The standard InChI is InChI=1S/C8H7OS.2C3H5OS.2C2H6S.CHO2.4Y/c9-7-10-6-8-4-2-1-3-5-8;2*1-2-5-3-4;2*1-2-3;2-1-3;;;;/h1-5H,6H2;2*2H2,1H3;2*3H,2H2,1H3;(H,2,3);;;;/q3*-1;;;-1;;;;. The predicted molar refractivity (Wildman–Crippen MR) is 138 cm³/mol. The summed E-state index contributed by atoms with van der Waals surface area (Å²) < 4.78 is 0. The summed E-state index contributed by atoms with van der Waals surface area (Å²) in [5.41, 5.74) is 6.31. The van der Waals surface area contributed by atoms with Gasteiger partial charge in [-0.3, -0.25) is 0 Å². The van der Waals surface area contributed by atoms with Gasteiger partial charge >= 0.3 is 0 Å². The van der Waals surface area contributed by atoms with Gasteiger partial charge in [0.1, 0.15) is 0 Å². The molecule has 1 aromatic rings. The van der Waals surface area contributed by atoms with Crippen LogP contribution in [0, 0.1) is 0 Å². The third-order valence-corrected chi connectivity index (χ3v) is 2.96. The van der Waals surface area contributed by atoms with Crippen molar-refractivity contribution in [2.24, 2.45) is 0 Å². The number of hydrogen-bond donors (Lipinski definition) is 3. The third kappa shape index (κ3) is 104. The van der Waals surface area contributed by atoms with Crippen LogP contribution in [0.4, 0.5) is 0 Å². The Morgan fingerprint density at radius 3 is 1.15 bits per heavy atom. The van der Waals surface area contributed by atoms with Crippen molar-refractivity contribution in [2.75, 3.05) is 23.0 Å². The fraction of sp³-hybridized carbons (Fsp3) is 0.474. The molecule has 4 radical (unpaired) electrons. The average molecular weight is 854 g/mol. The van der Waals surface area contributed by atoms with Crippen molar-refractivity contribution in [3.63, 3.8) is 0 Å². The van der Waals surface area contributed by atoms with Crippen LogP contribution in [0.25, 0.3) is 0 Å². The first kappa shape index (κ1) is 61.1. The molecule has 0 aromatic heterocycles. The normalized spacial score (nSPS) is 6.48. The first-order valence-electron chi connectivity index (χ1n) is 8.24. The number of aliphatic hydroxyl groups excluding tert-OH is 1. The van der Waals surface area contributed by atoms with E-state index in [4.69, 9.17) is 9.90 Å². The van der Waals surface area contributed by atoms with Gasteiger partial charge in [-0.25, -0.2) is 16.9 Å². The van der Waals surface area contributed by atoms with Gasteiger partial charge in [0, 0.05) is 131 Å². The van der Waals surface area contributed by atoms with Crippen molar-refractivity contribution in [1.29, 1.82) is 0 Å². The Labute approximate surface area is 325 Å². The van der Waals surface area contributed by atoms with Gasteiger partial charge in [-0.2, -0.15) is 25.3 Å². The van der Waals surface area contributed by atoms with Gasteiger partial charge < -0.3 is 59.6 Å². The maximum Gasteiger partial charge on any atom is 0 e. The van der Waals surface area contributed by atoms with Gasteiger partial charge in [0.15, 0.2) is 0 Å². The molecule has 14 heteroatoms. The fourth-order valence-corrected chi connectivity index (χ4v) is 1.46. The first-order valence-corrected chi connectivity index (χ1v) is 12.5. The molecule has 0 amide bonds. The Morgan fingerprint density at radius 2 is 0.970 bits per heavy atom. The summed E-state index contributed by atoms with van der Waals surface area (Å²) in [4.78, 5) is 36.5. The summed E-state index contributed by atoms with van der Waals surface area (Å²) in [5, 5.41) is 6.76. The summed E-state index contributed by atoms with van der Waals surface area (Å²) in [6.07, 6.45) is 0. The molecule has 0 atom stereocenters. The van der Waals surface area contributed by atoms with Gasteiger partial charge in [-0.1, -0.05) is 64.5 Å². The Balaban J connectivity index is -0.0000000316. The van der Waals surface area contributed by atoms with Gasteiger partial charge in [-0.15, -0.1) is 0 Å². The molecule has 0 aliphatic carbocycles. The maximum atomic E-state index is 9.82. The first-order chi connectivity index (χ1) is 14.0. The number of carbonyl (C=O) groups excluding carboxylic acids is 3. The molecule has 5 nitrogen and oxygen atoms in total. The summed E-state index contributed by atoms with van der Waals surface area (Å²) in [7, 11) is 0. The molecule has 0 heterocycles. The molecule has 0 aliphatic heterocycles. The molecule has 33 heavy (non-hydrogen) atoms. The quantitative estimate of drug-likeness (QED) is 0.259. The van der Waals surface area contributed by atoms with Crippen LogP contribution >= 0.6 is 60.5 Å². The van der Waals surface area contributed by atoms with E-state index in [9.17, 15) is 14.4 Å². The van der Waals surface area contributed by atoms with E-state index in [0.29, 0.717) is 6.47 Å².